The van der Waals surface area contributed by atoms with E-state index in [0.717, 1.165) is 78.5 Å². The fourth-order valence-corrected chi connectivity index (χ4v) is 15.1. The second-order valence-electron chi connectivity index (χ2n) is 28.3. The summed E-state index contributed by atoms with van der Waals surface area (Å²) in [7, 11) is 0. The van der Waals surface area contributed by atoms with E-state index in [2.05, 4.69) is 47.4 Å². The Bertz CT molecular complexity index is 4830. The lowest BCUT2D eigenvalue weighted by atomic mass is 9.86. The number of amides is 7. The zero-order valence-corrected chi connectivity index (χ0v) is 62.2. The molecule has 7 aromatic rings. The number of aromatic nitrogens is 4. The van der Waals surface area contributed by atoms with Gasteiger partial charge in [-0.05, 0) is 138 Å². The van der Waals surface area contributed by atoms with E-state index in [1.807, 2.05) is 13.8 Å². The van der Waals surface area contributed by atoms with Gasteiger partial charge in [-0.1, -0.05) is 73.9 Å². The maximum atomic E-state index is 16.2. The molecular formula is C73H78Cl2N12O24S. The van der Waals surface area contributed by atoms with Crippen LogP contribution < -0.4 is 57.6 Å². The Morgan fingerprint density at radius 2 is 1.33 bits per heavy atom. The number of aliphatic carboxylic acids is 1. The van der Waals surface area contributed by atoms with Crippen LogP contribution in [-0.4, -0.2) is 197 Å². The number of carbonyl (C=O) groups excluding carboxylic acids is 7. The van der Waals surface area contributed by atoms with Crippen LogP contribution in [-0.2, 0) is 52.6 Å². The maximum Gasteiger partial charge on any atom is 0.330 e. The van der Waals surface area contributed by atoms with E-state index in [4.69, 9.17) is 63.1 Å². The molecule has 10 unspecified atom stereocenters. The topological polar surface area (TPSA) is 562 Å². The van der Waals surface area contributed by atoms with Crippen molar-refractivity contribution >= 4 is 82.3 Å². The number of thioether (sulfide) groups is 1. The minimum atomic E-state index is -2.36. The van der Waals surface area contributed by atoms with Crippen LogP contribution in [0, 0.1) is 11.8 Å². The van der Waals surface area contributed by atoms with E-state index < -0.39 is 230 Å². The number of aromatic hydroxyl groups is 4. The predicted octanol–water partition coefficient (Wildman–Crippen LogP) is 2.64. The summed E-state index contributed by atoms with van der Waals surface area (Å²) in [5.41, 5.74) is 8.52. The lowest BCUT2D eigenvalue weighted by Crippen LogP contribution is -2.64. The summed E-state index contributed by atoms with van der Waals surface area (Å²) < 4.78 is 41.0. The van der Waals surface area contributed by atoms with Crippen molar-refractivity contribution < 1.29 is 118 Å². The van der Waals surface area contributed by atoms with Crippen LogP contribution >= 0.6 is 35.0 Å². The van der Waals surface area contributed by atoms with Crippen molar-refractivity contribution in [3.63, 3.8) is 0 Å². The molecule has 0 radical (unpaired) electrons. The van der Waals surface area contributed by atoms with Crippen molar-refractivity contribution in [1.29, 1.82) is 0 Å². The Morgan fingerprint density at radius 3 is 1.96 bits per heavy atom. The van der Waals surface area contributed by atoms with Crippen molar-refractivity contribution in [3.05, 3.63) is 141 Å². The summed E-state index contributed by atoms with van der Waals surface area (Å²) in [6, 6.07) is 6.21. The third kappa shape index (κ3) is 17.2. The van der Waals surface area contributed by atoms with Crippen molar-refractivity contribution in [3.8, 4) is 68.6 Å². The SMILES string of the molecule is CC(C)C[C@@H](C)C(=O)N[C@H]1C(=O)N[C@@H](CC(N)=O)C(=O)N[C@H]2C(=O)NC3C(=O)N[C@H](C(=O)N[C@@H](C(=O)O)c4cc(O)cc(O)c4-c4cc3ccc4O)[C@H](O)c3ccc(c(Cl)c3)Oc3cc2cc(c3OC2OC(CSc3nnnn3-c3ccc(O)cc3)C(O)C(O)C2OC2CC(C)(N)C(O)C(C)O2)Oc2ccc(cc2Cl)[C@H]1O. The van der Waals surface area contributed by atoms with Gasteiger partial charge in [0.15, 0.2) is 29.9 Å². The number of carboxylic acids is 1. The average molecular weight is 1610 g/mol. The summed E-state index contributed by atoms with van der Waals surface area (Å²) in [6.07, 6.45) is -18.4. The van der Waals surface area contributed by atoms with Crippen LogP contribution in [0.2, 0.25) is 10.0 Å². The molecule has 8 heterocycles. The number of nitrogens with one attached hydrogen (secondary N) is 6. The molecule has 0 aliphatic carbocycles. The predicted molar refractivity (Wildman–Crippen MR) is 390 cm³/mol. The van der Waals surface area contributed by atoms with Gasteiger partial charge in [0, 0.05) is 46.4 Å². The van der Waals surface area contributed by atoms with Crippen molar-refractivity contribution in [1.82, 2.24) is 52.1 Å². The van der Waals surface area contributed by atoms with Crippen LogP contribution in [0.15, 0.2) is 108 Å². The normalized spacial score (nSPS) is 27.7. The summed E-state index contributed by atoms with van der Waals surface area (Å²) >= 11 is 15.2. The molecule has 7 aliphatic heterocycles. The van der Waals surface area contributed by atoms with Gasteiger partial charge in [-0.3, -0.25) is 33.6 Å². The summed E-state index contributed by atoms with van der Waals surface area (Å²) in [5, 5.41) is 142. The molecule has 7 aliphatic rings. The van der Waals surface area contributed by atoms with E-state index in [-0.39, 0.29) is 62.9 Å². The molecule has 14 rings (SSSR count). The molecule has 2 fully saturated rings. The summed E-state index contributed by atoms with van der Waals surface area (Å²) in [6.45, 7) is 8.26. The van der Waals surface area contributed by atoms with Gasteiger partial charge in [-0.25, -0.2) is 4.79 Å². The smallest absolute Gasteiger partial charge is 0.330 e. The minimum Gasteiger partial charge on any atom is -0.508 e. The number of phenols is 4. The van der Waals surface area contributed by atoms with Gasteiger partial charge in [0.25, 0.3) is 0 Å². The van der Waals surface area contributed by atoms with Crippen molar-refractivity contribution in [2.24, 2.45) is 23.3 Å². The number of halogens is 2. The molecule has 39 heteroatoms. The first kappa shape index (κ1) is 80.8. The highest BCUT2D eigenvalue weighted by molar-refractivity contribution is 7.99. The number of carboxylic acid groups (broad SMARTS) is 1. The Balaban J connectivity index is 1.09. The largest absolute Gasteiger partial charge is 0.508 e. The lowest BCUT2D eigenvalue weighted by molar-refractivity contribution is -0.329. The molecule has 18 atom stereocenters. The van der Waals surface area contributed by atoms with Crippen LogP contribution in [0.4, 0.5) is 0 Å². The number of fused-ring (bicyclic) bond motifs is 15. The monoisotopic (exact) mass is 1610 g/mol. The number of aliphatic hydroxyl groups is 5. The molecule has 2 saturated heterocycles. The van der Waals surface area contributed by atoms with Gasteiger partial charge < -0.3 is 123 Å². The highest BCUT2D eigenvalue weighted by Gasteiger charge is 2.52. The van der Waals surface area contributed by atoms with Crippen LogP contribution in [0.5, 0.6) is 51.7 Å². The zero-order chi connectivity index (χ0) is 80.8. The molecule has 112 heavy (non-hydrogen) atoms. The fraction of sp³-hybridized carbons (Fsp3) is 0.384. The number of hydrogen-bond acceptors (Lipinski definition) is 28. The average Bonchev–Trinajstić information content (AvgIpc) is 0.904. The molecule has 7 amide bonds. The minimum absolute atomic E-state index is 0.0530. The molecule has 11 bridgehead atoms. The molecule has 20 N–H and O–H groups in total. The lowest BCUT2D eigenvalue weighted by Gasteiger charge is -2.47. The Hall–Kier alpha value is -10.7. The van der Waals surface area contributed by atoms with Gasteiger partial charge in [0.2, 0.25) is 58.5 Å². The quantitative estimate of drug-likeness (QED) is 0.0656. The van der Waals surface area contributed by atoms with Gasteiger partial charge >= 0.3 is 5.97 Å². The number of ether oxygens (including phenoxy) is 6. The Labute approximate surface area is 649 Å². The number of nitrogens with two attached hydrogens (primary N) is 2. The first-order chi connectivity index (χ1) is 53.0. The van der Waals surface area contributed by atoms with Gasteiger partial charge in [0.05, 0.1) is 40.5 Å². The number of aliphatic hydroxyl groups excluding tert-OH is 5. The van der Waals surface area contributed by atoms with Gasteiger partial charge in [0.1, 0.15) is 89.1 Å². The third-order valence-electron chi connectivity index (χ3n) is 19.4. The summed E-state index contributed by atoms with van der Waals surface area (Å²) in [4.78, 5) is 118. The van der Waals surface area contributed by atoms with Crippen LogP contribution in [0.3, 0.4) is 0 Å². The van der Waals surface area contributed by atoms with E-state index in [9.17, 15) is 75.0 Å². The standard InChI is InChI=1S/C73H78Cl2N12O24S/c1-27(2)16-28(3)64(98)82-55-57(93)31-7-14-44(39(74)18-31)107-46-20-33-21-47(61(46)111-71-62(110-50-25-73(5,77)63(97)29(4)106-50)60(96)59(95)48(109-71)26-112-72-84-85-86-87(72)34-9-11-35(88)12-10-34)108-45-15-8-32(19-40(45)75)58(94)56-69(103)81-54(70(104)105)38-22-36(89)23-43(91)51(38)37-17-30(6-13-42(37)90)52(66(100)83-56)80-67(101)53(33)79-65(99)41(24-49(76)92)78-68(55)102/h6-15,17-23,27-29,41,48,50,52-60,62-63,71,88-91,93-97H,16,24-26,77H2,1-5H3,(H2,76,92)(H,78,102)(H,79,99)(H,80,101)(H,81,103)(H,82,98)(H,83,100)(H,104,105)/t28-,29?,41+,48?,50?,52?,53-,54-,55-,56+,57-,58-,59?,60?,62?,63?,71?,73?/m1/s1. The third-order valence-corrected chi connectivity index (χ3v) is 21.0. The first-order valence-corrected chi connectivity index (χ1v) is 36.6. The van der Waals surface area contributed by atoms with E-state index in [1.54, 1.807) is 6.92 Å². The second kappa shape index (κ2) is 32.9. The van der Waals surface area contributed by atoms with E-state index >= 15 is 14.4 Å². The number of nitrogens with zero attached hydrogens (tertiary/aromatic N) is 4. The van der Waals surface area contributed by atoms with E-state index in [0.29, 0.717) is 5.69 Å². The van der Waals surface area contributed by atoms with Gasteiger partial charge in [-0.15, -0.1) is 5.10 Å². The van der Waals surface area contributed by atoms with Crippen LogP contribution in [0.1, 0.15) is 112 Å². The number of tetrazole rings is 1. The number of primary amides is 1. The Kier molecular flexibility index (Phi) is 23.8. The molecular weight excluding hydrogens is 1530 g/mol. The molecule has 36 nitrogen and oxygen atoms in total. The molecule has 0 saturated carbocycles. The van der Waals surface area contributed by atoms with Crippen molar-refractivity contribution in [2.75, 3.05) is 5.75 Å². The maximum absolute atomic E-state index is 16.2. The highest BCUT2D eigenvalue weighted by Crippen LogP contribution is 2.50. The number of carbonyl (C=O) groups is 8. The number of phenolic OH excluding ortho intramolecular Hbond substituents is 4. The zero-order valence-electron chi connectivity index (χ0n) is 59.8. The number of hydrogen-bond donors (Lipinski definition) is 18. The van der Waals surface area contributed by atoms with Crippen molar-refractivity contribution in [2.45, 2.75) is 162 Å². The molecule has 0 spiro atoms. The molecule has 6 aromatic carbocycles. The van der Waals surface area contributed by atoms with Crippen LogP contribution in [0.25, 0.3) is 16.8 Å². The molecule has 594 valence electrons. The second-order valence-corrected chi connectivity index (χ2v) is 30.1. The van der Waals surface area contributed by atoms with Gasteiger partial charge in [-0.2, -0.15) is 4.68 Å². The first-order valence-electron chi connectivity index (χ1n) is 34.9. The number of benzene rings is 6. The summed E-state index contributed by atoms with van der Waals surface area (Å²) in [5.74, 6) is -17.0. The molecule has 1 aromatic heterocycles. The Morgan fingerprint density at radius 1 is 0.705 bits per heavy atom. The number of rotatable bonds is 15. The van der Waals surface area contributed by atoms with E-state index in [1.165, 1.54) is 54.9 Å². The highest BCUT2D eigenvalue weighted by atomic mass is 35.5. The fourth-order valence-electron chi connectivity index (χ4n) is 13.7.